The molecule has 2 N–H and O–H groups in total. The average molecular weight is 469 g/mol. The minimum Gasteiger partial charge on any atom is -0.494 e. The number of aromatic hydroxyl groups is 1. The van der Waals surface area contributed by atoms with Crippen molar-refractivity contribution in [1.29, 1.82) is 0 Å². The number of hydrogen-bond donors (Lipinski definition) is 2. The average Bonchev–Trinajstić information content (AvgIpc) is 2.60. The first-order chi connectivity index (χ1) is 12.8. The first-order valence-electron chi connectivity index (χ1n) is 7.62. The molecule has 138 valence electrons. The molecular formula is C18H12BrClFN3O2S. The van der Waals surface area contributed by atoms with E-state index in [1.165, 1.54) is 22.9 Å². The SMILES string of the molecule is Cc1cc(N=Cc2c(O)n(-c3ccc(F)c(Cl)c3)c(=S)[nH]c2=O)ccc1Br. The number of H-pyrrole nitrogens is 1. The predicted molar refractivity (Wildman–Crippen MR) is 110 cm³/mol. The van der Waals surface area contributed by atoms with Crippen LogP contribution in [0.3, 0.4) is 0 Å². The summed E-state index contributed by atoms with van der Waals surface area (Å²) in [5.74, 6) is -1.03. The summed E-state index contributed by atoms with van der Waals surface area (Å²) >= 11 is 14.3. The van der Waals surface area contributed by atoms with Crippen molar-refractivity contribution in [3.8, 4) is 11.6 Å². The van der Waals surface area contributed by atoms with Crippen LogP contribution in [-0.2, 0) is 0 Å². The quantitative estimate of drug-likeness (QED) is 0.409. The van der Waals surface area contributed by atoms with Crippen molar-refractivity contribution in [3.63, 3.8) is 0 Å². The summed E-state index contributed by atoms with van der Waals surface area (Å²) in [7, 11) is 0. The molecule has 0 saturated carbocycles. The van der Waals surface area contributed by atoms with E-state index in [0.29, 0.717) is 11.4 Å². The number of hydrogen-bond acceptors (Lipinski definition) is 4. The fraction of sp³-hybridized carbons (Fsp3) is 0.0556. The minimum atomic E-state index is -0.608. The number of aromatic nitrogens is 2. The van der Waals surface area contributed by atoms with Crippen LogP contribution in [-0.4, -0.2) is 20.9 Å². The van der Waals surface area contributed by atoms with Gasteiger partial charge in [-0.1, -0.05) is 27.5 Å². The van der Waals surface area contributed by atoms with Crippen molar-refractivity contribution < 1.29 is 9.50 Å². The Morgan fingerprint density at radius 3 is 2.74 bits per heavy atom. The van der Waals surface area contributed by atoms with Crippen molar-refractivity contribution in [1.82, 2.24) is 9.55 Å². The summed E-state index contributed by atoms with van der Waals surface area (Å²) in [5.41, 5.74) is 1.19. The highest BCUT2D eigenvalue weighted by atomic mass is 79.9. The number of nitrogens with one attached hydrogen (secondary N) is 1. The molecule has 0 aliphatic rings. The Balaban J connectivity index is 2.12. The first kappa shape index (κ1) is 19.5. The van der Waals surface area contributed by atoms with E-state index < -0.39 is 17.3 Å². The van der Waals surface area contributed by atoms with Gasteiger partial charge in [-0.2, -0.15) is 0 Å². The maximum atomic E-state index is 13.4. The lowest BCUT2D eigenvalue weighted by atomic mass is 10.2. The van der Waals surface area contributed by atoms with E-state index in [-0.39, 0.29) is 15.4 Å². The molecule has 0 saturated heterocycles. The third kappa shape index (κ3) is 4.02. The smallest absolute Gasteiger partial charge is 0.264 e. The Bertz CT molecular complexity index is 1190. The summed E-state index contributed by atoms with van der Waals surface area (Å²) in [5, 5.41) is 10.4. The fourth-order valence-corrected chi connectivity index (χ4v) is 3.07. The highest BCUT2D eigenvalue weighted by molar-refractivity contribution is 9.10. The summed E-state index contributed by atoms with van der Waals surface area (Å²) in [6, 6.07) is 9.23. The van der Waals surface area contributed by atoms with E-state index >= 15 is 0 Å². The maximum Gasteiger partial charge on any atom is 0.264 e. The Labute approximate surface area is 171 Å². The molecular weight excluding hydrogens is 457 g/mol. The number of nitrogens with zero attached hydrogens (tertiary/aromatic N) is 2. The zero-order valence-electron chi connectivity index (χ0n) is 13.8. The van der Waals surface area contributed by atoms with E-state index in [2.05, 4.69) is 25.9 Å². The minimum absolute atomic E-state index is 0.0585. The monoisotopic (exact) mass is 467 g/mol. The number of halogens is 3. The normalized spacial score (nSPS) is 11.3. The van der Waals surface area contributed by atoms with Gasteiger partial charge in [0.1, 0.15) is 11.4 Å². The van der Waals surface area contributed by atoms with Crippen LogP contribution in [0.1, 0.15) is 11.1 Å². The highest BCUT2D eigenvalue weighted by Crippen LogP contribution is 2.25. The van der Waals surface area contributed by atoms with E-state index in [9.17, 15) is 14.3 Å². The Hall–Kier alpha value is -2.29. The maximum absolute atomic E-state index is 13.4. The second-order valence-electron chi connectivity index (χ2n) is 5.62. The third-order valence-corrected chi connectivity index (χ3v) is 5.23. The molecule has 0 aliphatic heterocycles. The lowest BCUT2D eigenvalue weighted by Gasteiger charge is -2.11. The number of aliphatic imine (C=N–C) groups is 1. The molecule has 0 radical (unpaired) electrons. The van der Waals surface area contributed by atoms with E-state index in [0.717, 1.165) is 16.1 Å². The molecule has 0 atom stereocenters. The van der Waals surface area contributed by atoms with Crippen LogP contribution >= 0.6 is 39.7 Å². The zero-order valence-corrected chi connectivity index (χ0v) is 17.0. The van der Waals surface area contributed by atoms with Gasteiger partial charge in [0.2, 0.25) is 5.88 Å². The van der Waals surface area contributed by atoms with Gasteiger partial charge in [-0.15, -0.1) is 0 Å². The Morgan fingerprint density at radius 2 is 2.07 bits per heavy atom. The molecule has 9 heteroatoms. The van der Waals surface area contributed by atoms with Gasteiger partial charge in [0, 0.05) is 10.7 Å². The topological polar surface area (TPSA) is 70.4 Å². The summed E-state index contributed by atoms with van der Waals surface area (Å²) in [4.78, 5) is 18.9. The van der Waals surface area contributed by atoms with Gasteiger partial charge in [-0.3, -0.25) is 19.3 Å². The largest absolute Gasteiger partial charge is 0.494 e. The van der Waals surface area contributed by atoms with Crippen molar-refractivity contribution in [2.24, 2.45) is 4.99 Å². The lowest BCUT2D eigenvalue weighted by molar-refractivity contribution is 0.432. The number of benzene rings is 2. The molecule has 3 aromatic rings. The molecule has 0 amide bonds. The highest BCUT2D eigenvalue weighted by Gasteiger charge is 2.14. The van der Waals surface area contributed by atoms with Crippen molar-refractivity contribution in [3.05, 3.63) is 78.0 Å². The standard InChI is InChI=1S/C18H12BrClFN3O2S/c1-9-6-10(2-4-13(9)19)22-8-12-16(25)23-18(27)24(17(12)26)11-3-5-15(21)14(20)7-11/h2-8,26H,1H3,(H,23,25,27). The number of rotatable bonds is 3. The van der Waals surface area contributed by atoms with Gasteiger partial charge in [-0.25, -0.2) is 4.39 Å². The first-order valence-corrected chi connectivity index (χ1v) is 9.20. The molecule has 0 spiro atoms. The predicted octanol–water partition coefficient (Wildman–Crippen LogP) is 5.21. The van der Waals surface area contributed by atoms with Crippen LogP contribution in [0.15, 0.2) is 50.7 Å². The van der Waals surface area contributed by atoms with Gasteiger partial charge >= 0.3 is 0 Å². The van der Waals surface area contributed by atoms with Crippen LogP contribution < -0.4 is 5.56 Å². The fourth-order valence-electron chi connectivity index (χ4n) is 2.37. The molecule has 2 aromatic carbocycles. The second-order valence-corrected chi connectivity index (χ2v) is 7.27. The summed E-state index contributed by atoms with van der Waals surface area (Å²) in [6.07, 6.45) is 1.24. The van der Waals surface area contributed by atoms with Crippen LogP contribution in [0.4, 0.5) is 10.1 Å². The van der Waals surface area contributed by atoms with Crippen molar-refractivity contribution in [2.45, 2.75) is 6.92 Å². The molecule has 1 aromatic heterocycles. The molecule has 0 fully saturated rings. The van der Waals surface area contributed by atoms with Crippen LogP contribution in [0.2, 0.25) is 5.02 Å². The van der Waals surface area contributed by atoms with E-state index in [1.54, 1.807) is 6.07 Å². The molecule has 27 heavy (non-hydrogen) atoms. The molecule has 3 rings (SSSR count). The van der Waals surface area contributed by atoms with Gasteiger partial charge < -0.3 is 5.11 Å². The summed E-state index contributed by atoms with van der Waals surface area (Å²) < 4.78 is 15.5. The molecule has 0 aliphatic carbocycles. The van der Waals surface area contributed by atoms with Crippen LogP contribution in [0, 0.1) is 17.5 Å². The van der Waals surface area contributed by atoms with Gasteiger partial charge in [0.15, 0.2) is 4.77 Å². The second kappa shape index (κ2) is 7.75. The Kier molecular flexibility index (Phi) is 5.59. The van der Waals surface area contributed by atoms with E-state index in [4.69, 9.17) is 23.8 Å². The molecule has 1 heterocycles. The van der Waals surface area contributed by atoms with Gasteiger partial charge in [-0.05, 0) is 61.1 Å². The number of aryl methyl sites for hydroxylation is 1. The van der Waals surface area contributed by atoms with Crippen molar-refractivity contribution in [2.75, 3.05) is 0 Å². The van der Waals surface area contributed by atoms with Crippen molar-refractivity contribution >= 4 is 51.7 Å². The Morgan fingerprint density at radius 1 is 1.33 bits per heavy atom. The van der Waals surface area contributed by atoms with Gasteiger partial charge in [0.05, 0.1) is 16.4 Å². The van der Waals surface area contributed by atoms with Crippen LogP contribution in [0.5, 0.6) is 5.88 Å². The zero-order chi connectivity index (χ0) is 19.7. The third-order valence-electron chi connectivity index (χ3n) is 3.77. The van der Waals surface area contributed by atoms with Crippen LogP contribution in [0.25, 0.3) is 5.69 Å². The number of aromatic amines is 1. The van der Waals surface area contributed by atoms with Gasteiger partial charge in [0.25, 0.3) is 5.56 Å². The lowest BCUT2D eigenvalue weighted by Crippen LogP contribution is -2.18. The van der Waals surface area contributed by atoms with E-state index in [1.807, 2.05) is 19.1 Å². The molecule has 0 unspecified atom stereocenters. The summed E-state index contributed by atoms with van der Waals surface area (Å²) in [6.45, 7) is 1.91. The molecule has 5 nitrogen and oxygen atoms in total. The molecule has 0 bridgehead atoms.